The van der Waals surface area contributed by atoms with Gasteiger partial charge in [0.15, 0.2) is 0 Å². The van der Waals surface area contributed by atoms with Crippen LogP contribution in [-0.4, -0.2) is 19.3 Å². The Hall–Kier alpha value is -2.36. The van der Waals surface area contributed by atoms with Crippen molar-refractivity contribution >= 4 is 0 Å². The summed E-state index contributed by atoms with van der Waals surface area (Å²) in [5.74, 6) is 0.932. The van der Waals surface area contributed by atoms with Crippen LogP contribution in [0, 0.1) is 0 Å². The highest BCUT2D eigenvalue weighted by Crippen LogP contribution is 2.29. The highest BCUT2D eigenvalue weighted by atomic mass is 15.3. The SMILES string of the molecule is Cn1cc(-c2nccn2C)c(-c2ccccc2)n1. The highest BCUT2D eigenvalue weighted by Gasteiger charge is 2.14. The average Bonchev–Trinajstić information content (AvgIpc) is 2.96. The van der Waals surface area contributed by atoms with Gasteiger partial charge >= 0.3 is 0 Å². The first kappa shape index (κ1) is 10.8. The van der Waals surface area contributed by atoms with Crippen LogP contribution in [0.25, 0.3) is 22.6 Å². The molecule has 0 saturated heterocycles. The molecule has 0 spiro atoms. The summed E-state index contributed by atoms with van der Waals surface area (Å²) < 4.78 is 3.83. The molecule has 0 aliphatic heterocycles. The lowest BCUT2D eigenvalue weighted by molar-refractivity contribution is 0.771. The van der Waals surface area contributed by atoms with Gasteiger partial charge in [-0.15, -0.1) is 0 Å². The molecule has 0 amide bonds. The van der Waals surface area contributed by atoms with Gasteiger partial charge in [-0.3, -0.25) is 4.68 Å². The molecule has 0 aliphatic carbocycles. The Balaban J connectivity index is 2.20. The van der Waals surface area contributed by atoms with Gasteiger partial charge in [-0.2, -0.15) is 5.10 Å². The minimum Gasteiger partial charge on any atom is -0.334 e. The molecule has 18 heavy (non-hydrogen) atoms. The predicted octanol–water partition coefficient (Wildman–Crippen LogP) is 2.49. The second kappa shape index (κ2) is 4.14. The first-order valence-electron chi connectivity index (χ1n) is 5.82. The van der Waals surface area contributed by atoms with Crippen molar-refractivity contribution in [2.24, 2.45) is 14.1 Å². The number of aryl methyl sites for hydroxylation is 2. The standard InChI is InChI=1S/C14H14N4/c1-17-9-8-15-14(17)12-10-18(2)16-13(12)11-6-4-3-5-7-11/h3-10H,1-2H3. The molecule has 1 aromatic carbocycles. The van der Waals surface area contributed by atoms with E-state index >= 15 is 0 Å². The summed E-state index contributed by atoms with van der Waals surface area (Å²) in [7, 11) is 3.92. The summed E-state index contributed by atoms with van der Waals surface area (Å²) in [6.07, 6.45) is 5.75. The topological polar surface area (TPSA) is 35.6 Å². The molecule has 0 bridgehead atoms. The van der Waals surface area contributed by atoms with E-state index in [-0.39, 0.29) is 0 Å². The van der Waals surface area contributed by atoms with Crippen molar-refractivity contribution in [2.75, 3.05) is 0 Å². The molecule has 2 heterocycles. The van der Waals surface area contributed by atoms with Gasteiger partial charge in [-0.05, 0) is 0 Å². The number of benzene rings is 1. The maximum Gasteiger partial charge on any atom is 0.143 e. The van der Waals surface area contributed by atoms with E-state index in [1.165, 1.54) is 0 Å². The molecular formula is C14H14N4. The molecule has 0 unspecified atom stereocenters. The molecule has 4 nitrogen and oxygen atoms in total. The van der Waals surface area contributed by atoms with Gasteiger partial charge in [0.05, 0.1) is 5.56 Å². The van der Waals surface area contributed by atoms with Crippen LogP contribution in [0.5, 0.6) is 0 Å². The summed E-state index contributed by atoms with van der Waals surface area (Å²) in [5.41, 5.74) is 3.12. The summed E-state index contributed by atoms with van der Waals surface area (Å²) in [6.45, 7) is 0. The Morgan fingerprint density at radius 3 is 2.50 bits per heavy atom. The number of nitrogens with zero attached hydrogens (tertiary/aromatic N) is 4. The lowest BCUT2D eigenvalue weighted by Gasteiger charge is -2.02. The molecule has 0 saturated carbocycles. The third kappa shape index (κ3) is 1.72. The first-order valence-corrected chi connectivity index (χ1v) is 5.82. The number of rotatable bonds is 2. The second-order valence-electron chi connectivity index (χ2n) is 4.29. The molecule has 4 heteroatoms. The maximum atomic E-state index is 4.54. The van der Waals surface area contributed by atoms with Gasteiger partial charge in [0.25, 0.3) is 0 Å². The quantitative estimate of drug-likeness (QED) is 0.687. The summed E-state index contributed by atoms with van der Waals surface area (Å²) in [5, 5.41) is 4.54. The minimum absolute atomic E-state index is 0.932. The molecular weight excluding hydrogens is 224 g/mol. The van der Waals surface area contributed by atoms with Gasteiger partial charge < -0.3 is 4.57 Å². The van der Waals surface area contributed by atoms with Crippen LogP contribution in [0.15, 0.2) is 48.9 Å². The van der Waals surface area contributed by atoms with Crippen LogP contribution >= 0.6 is 0 Å². The van der Waals surface area contributed by atoms with Crippen molar-refractivity contribution in [3.05, 3.63) is 48.9 Å². The third-order valence-electron chi connectivity index (χ3n) is 2.94. The van der Waals surface area contributed by atoms with E-state index in [1.54, 1.807) is 6.20 Å². The first-order chi connectivity index (χ1) is 8.75. The van der Waals surface area contributed by atoms with Crippen LogP contribution < -0.4 is 0 Å². The Morgan fingerprint density at radius 1 is 1.06 bits per heavy atom. The smallest absolute Gasteiger partial charge is 0.143 e. The van der Waals surface area contributed by atoms with Crippen molar-refractivity contribution in [3.8, 4) is 22.6 Å². The van der Waals surface area contributed by atoms with Crippen molar-refractivity contribution < 1.29 is 0 Å². The molecule has 3 rings (SSSR count). The summed E-state index contributed by atoms with van der Waals surface area (Å²) in [6, 6.07) is 10.2. The predicted molar refractivity (Wildman–Crippen MR) is 70.8 cm³/mol. The monoisotopic (exact) mass is 238 g/mol. The molecule has 2 aromatic heterocycles. The van der Waals surface area contributed by atoms with Crippen LogP contribution in [0.3, 0.4) is 0 Å². The second-order valence-corrected chi connectivity index (χ2v) is 4.29. The fourth-order valence-corrected chi connectivity index (χ4v) is 2.09. The van der Waals surface area contributed by atoms with Crippen molar-refractivity contribution in [3.63, 3.8) is 0 Å². The van der Waals surface area contributed by atoms with Gasteiger partial charge in [0, 0.05) is 38.2 Å². The molecule has 3 aromatic rings. The largest absolute Gasteiger partial charge is 0.334 e. The van der Waals surface area contributed by atoms with Gasteiger partial charge in [0.1, 0.15) is 11.5 Å². The zero-order chi connectivity index (χ0) is 12.5. The van der Waals surface area contributed by atoms with E-state index < -0.39 is 0 Å². The van der Waals surface area contributed by atoms with Crippen LogP contribution in [-0.2, 0) is 14.1 Å². The number of hydrogen-bond donors (Lipinski definition) is 0. The Morgan fingerprint density at radius 2 is 1.83 bits per heavy atom. The third-order valence-corrected chi connectivity index (χ3v) is 2.94. The van der Waals surface area contributed by atoms with Gasteiger partial charge in [-0.1, -0.05) is 30.3 Å². The zero-order valence-corrected chi connectivity index (χ0v) is 10.4. The number of aromatic nitrogens is 4. The van der Waals surface area contributed by atoms with E-state index in [4.69, 9.17) is 0 Å². The Kier molecular flexibility index (Phi) is 2.48. The minimum atomic E-state index is 0.932. The van der Waals surface area contributed by atoms with Gasteiger partial charge in [0.2, 0.25) is 0 Å². The van der Waals surface area contributed by atoms with E-state index in [2.05, 4.69) is 22.2 Å². The molecule has 0 N–H and O–H groups in total. The molecule has 0 aliphatic rings. The van der Waals surface area contributed by atoms with Gasteiger partial charge in [-0.25, -0.2) is 4.98 Å². The number of hydrogen-bond acceptors (Lipinski definition) is 2. The van der Waals surface area contributed by atoms with Crippen molar-refractivity contribution in [1.82, 2.24) is 19.3 Å². The fraction of sp³-hybridized carbons (Fsp3) is 0.143. The van der Waals surface area contributed by atoms with Crippen LogP contribution in [0.1, 0.15) is 0 Å². The van der Waals surface area contributed by atoms with Crippen LogP contribution in [0.4, 0.5) is 0 Å². The maximum absolute atomic E-state index is 4.54. The van der Waals surface area contributed by atoms with E-state index in [1.807, 2.05) is 53.9 Å². The average molecular weight is 238 g/mol. The molecule has 0 atom stereocenters. The summed E-state index contributed by atoms with van der Waals surface area (Å²) in [4.78, 5) is 4.40. The Labute approximate surface area is 106 Å². The van der Waals surface area contributed by atoms with Crippen molar-refractivity contribution in [2.45, 2.75) is 0 Å². The van der Waals surface area contributed by atoms with E-state index in [9.17, 15) is 0 Å². The van der Waals surface area contributed by atoms with E-state index in [0.717, 1.165) is 22.6 Å². The lowest BCUT2D eigenvalue weighted by Crippen LogP contribution is -1.91. The van der Waals surface area contributed by atoms with Crippen molar-refractivity contribution in [1.29, 1.82) is 0 Å². The van der Waals surface area contributed by atoms with Crippen LogP contribution in [0.2, 0.25) is 0 Å². The summed E-state index contributed by atoms with van der Waals surface area (Å²) >= 11 is 0. The normalized spacial score (nSPS) is 10.8. The van der Waals surface area contributed by atoms with E-state index in [0.29, 0.717) is 0 Å². The Bertz CT molecular complexity index is 664. The zero-order valence-electron chi connectivity index (χ0n) is 10.4. The number of imidazole rings is 1. The fourth-order valence-electron chi connectivity index (χ4n) is 2.09. The lowest BCUT2D eigenvalue weighted by atomic mass is 10.1. The highest BCUT2D eigenvalue weighted by molar-refractivity contribution is 5.77. The molecule has 0 fully saturated rings. The molecule has 0 radical (unpaired) electrons. The molecule has 90 valence electrons.